The van der Waals surface area contributed by atoms with Gasteiger partial charge in [-0.1, -0.05) is 45.1 Å². The lowest BCUT2D eigenvalue weighted by molar-refractivity contribution is 0.299. The van der Waals surface area contributed by atoms with E-state index in [0.717, 1.165) is 12.1 Å². The lowest BCUT2D eigenvalue weighted by Crippen LogP contribution is -2.14. The summed E-state index contributed by atoms with van der Waals surface area (Å²) in [6.07, 6.45) is 7.58. The van der Waals surface area contributed by atoms with Gasteiger partial charge >= 0.3 is 0 Å². The molecule has 0 aromatic heterocycles. The second-order valence-corrected chi connectivity index (χ2v) is 5.78. The van der Waals surface area contributed by atoms with Gasteiger partial charge in [-0.05, 0) is 55.7 Å². The molecule has 0 saturated carbocycles. The van der Waals surface area contributed by atoms with Crippen molar-refractivity contribution in [2.24, 2.45) is 0 Å². The van der Waals surface area contributed by atoms with Crippen molar-refractivity contribution in [3.05, 3.63) is 29.3 Å². The van der Waals surface area contributed by atoms with E-state index >= 15 is 0 Å². The number of nitrogens with one attached hydrogen (secondary N) is 1. The van der Waals surface area contributed by atoms with E-state index in [1.165, 1.54) is 43.2 Å². The fraction of sp³-hybridized carbons (Fsp3) is 0.588. The van der Waals surface area contributed by atoms with Crippen LogP contribution in [0.4, 0.5) is 5.69 Å². The van der Waals surface area contributed by atoms with Gasteiger partial charge in [0, 0.05) is 5.69 Å². The number of hydrogen-bond donors (Lipinski definition) is 1. The SMILES string of the molecule is CCCCCCCCOC(=S)Nc1cc(C)cc(C)c1. The zero-order valence-electron chi connectivity index (χ0n) is 13.0. The predicted octanol–water partition coefficient (Wildman–Crippen LogP) is 5.38. The van der Waals surface area contributed by atoms with Gasteiger partial charge in [0.15, 0.2) is 0 Å². The van der Waals surface area contributed by atoms with Gasteiger partial charge in [0.2, 0.25) is 0 Å². The van der Waals surface area contributed by atoms with Crippen LogP contribution in [0.2, 0.25) is 0 Å². The molecule has 1 aromatic carbocycles. The highest BCUT2D eigenvalue weighted by Crippen LogP contribution is 2.14. The van der Waals surface area contributed by atoms with Crippen molar-refractivity contribution in [2.75, 3.05) is 11.9 Å². The Bertz CT molecular complexity index is 397. The van der Waals surface area contributed by atoms with E-state index in [1.807, 2.05) is 0 Å². The van der Waals surface area contributed by atoms with Crippen LogP contribution in [-0.4, -0.2) is 11.8 Å². The van der Waals surface area contributed by atoms with Crippen molar-refractivity contribution in [2.45, 2.75) is 59.3 Å². The molecule has 0 atom stereocenters. The average Bonchev–Trinajstić information content (AvgIpc) is 2.36. The van der Waals surface area contributed by atoms with Gasteiger partial charge in [0.25, 0.3) is 5.17 Å². The molecule has 0 unspecified atom stereocenters. The normalized spacial score (nSPS) is 10.3. The van der Waals surface area contributed by atoms with Gasteiger partial charge in [0.1, 0.15) is 0 Å². The van der Waals surface area contributed by atoms with E-state index in [4.69, 9.17) is 17.0 Å². The Kier molecular flexibility index (Phi) is 8.28. The quantitative estimate of drug-likeness (QED) is 0.514. The molecular weight excluding hydrogens is 266 g/mol. The Morgan fingerprint density at radius 1 is 1.00 bits per heavy atom. The molecule has 2 nitrogen and oxygen atoms in total. The largest absolute Gasteiger partial charge is 0.471 e. The highest BCUT2D eigenvalue weighted by atomic mass is 32.1. The van der Waals surface area contributed by atoms with Crippen LogP contribution in [0.5, 0.6) is 0 Å². The Labute approximate surface area is 128 Å². The summed E-state index contributed by atoms with van der Waals surface area (Å²) in [5.74, 6) is 0. The molecule has 1 N–H and O–H groups in total. The number of benzene rings is 1. The first-order valence-corrected chi connectivity index (χ1v) is 8.04. The first-order valence-electron chi connectivity index (χ1n) is 7.64. The molecule has 20 heavy (non-hydrogen) atoms. The molecule has 0 bridgehead atoms. The van der Waals surface area contributed by atoms with E-state index in [0.29, 0.717) is 11.8 Å². The lowest BCUT2D eigenvalue weighted by Gasteiger charge is -2.11. The first kappa shape index (κ1) is 17.0. The number of rotatable bonds is 8. The lowest BCUT2D eigenvalue weighted by atomic mass is 10.1. The maximum atomic E-state index is 5.55. The van der Waals surface area contributed by atoms with Crippen molar-refractivity contribution in [1.29, 1.82) is 0 Å². The van der Waals surface area contributed by atoms with E-state index in [1.54, 1.807) is 0 Å². The number of unbranched alkanes of at least 4 members (excludes halogenated alkanes) is 5. The molecule has 1 rings (SSSR count). The molecule has 0 aliphatic carbocycles. The van der Waals surface area contributed by atoms with Crippen LogP contribution in [-0.2, 0) is 4.74 Å². The molecule has 0 fully saturated rings. The molecule has 0 aliphatic rings. The number of aryl methyl sites for hydroxylation is 2. The van der Waals surface area contributed by atoms with Gasteiger partial charge in [-0.2, -0.15) is 0 Å². The Morgan fingerprint density at radius 3 is 2.25 bits per heavy atom. The standard InChI is InChI=1S/C17H27NOS/c1-4-5-6-7-8-9-10-19-17(20)18-16-12-14(2)11-15(3)13-16/h11-13H,4-10H2,1-3H3,(H,18,20). The average molecular weight is 293 g/mol. The third kappa shape index (κ3) is 7.49. The molecule has 0 saturated heterocycles. The highest BCUT2D eigenvalue weighted by Gasteiger charge is 2.00. The summed E-state index contributed by atoms with van der Waals surface area (Å²) in [4.78, 5) is 0. The van der Waals surface area contributed by atoms with E-state index in [2.05, 4.69) is 44.3 Å². The first-order chi connectivity index (χ1) is 9.61. The Balaban J connectivity index is 2.17. The molecule has 0 heterocycles. The van der Waals surface area contributed by atoms with Crippen molar-refractivity contribution in [3.8, 4) is 0 Å². The monoisotopic (exact) mass is 293 g/mol. The number of anilines is 1. The molecule has 0 radical (unpaired) electrons. The maximum absolute atomic E-state index is 5.55. The van der Waals surface area contributed by atoms with Crippen LogP contribution in [0.25, 0.3) is 0 Å². The van der Waals surface area contributed by atoms with Crippen molar-refractivity contribution >= 4 is 23.1 Å². The third-order valence-electron chi connectivity index (χ3n) is 3.20. The van der Waals surface area contributed by atoms with Crippen molar-refractivity contribution in [3.63, 3.8) is 0 Å². The van der Waals surface area contributed by atoms with Crippen LogP contribution in [0.15, 0.2) is 18.2 Å². The fourth-order valence-corrected chi connectivity index (χ4v) is 2.45. The Hall–Kier alpha value is -1.09. The minimum Gasteiger partial charge on any atom is -0.471 e. The minimum atomic E-state index is 0.476. The van der Waals surface area contributed by atoms with E-state index < -0.39 is 0 Å². The van der Waals surface area contributed by atoms with Crippen molar-refractivity contribution < 1.29 is 4.74 Å². The second-order valence-electron chi connectivity index (χ2n) is 5.41. The van der Waals surface area contributed by atoms with Gasteiger partial charge in [-0.3, -0.25) is 0 Å². The molecule has 0 aliphatic heterocycles. The van der Waals surface area contributed by atoms with Crippen LogP contribution >= 0.6 is 12.2 Å². The predicted molar refractivity (Wildman–Crippen MR) is 91.5 cm³/mol. The van der Waals surface area contributed by atoms with E-state index in [9.17, 15) is 0 Å². The van der Waals surface area contributed by atoms with Crippen molar-refractivity contribution in [1.82, 2.24) is 0 Å². The zero-order valence-corrected chi connectivity index (χ0v) is 13.8. The summed E-state index contributed by atoms with van der Waals surface area (Å²) in [6.45, 7) is 7.11. The smallest absolute Gasteiger partial charge is 0.261 e. The van der Waals surface area contributed by atoms with Crippen LogP contribution in [0, 0.1) is 13.8 Å². The molecule has 3 heteroatoms. The number of ether oxygens (including phenoxy) is 1. The highest BCUT2D eigenvalue weighted by molar-refractivity contribution is 7.80. The number of hydrogen-bond acceptors (Lipinski definition) is 2. The summed E-state index contributed by atoms with van der Waals surface area (Å²) < 4.78 is 5.55. The summed E-state index contributed by atoms with van der Waals surface area (Å²) in [6, 6.07) is 6.30. The Morgan fingerprint density at radius 2 is 1.60 bits per heavy atom. The minimum absolute atomic E-state index is 0.476. The van der Waals surface area contributed by atoms with Crippen LogP contribution in [0.3, 0.4) is 0 Å². The maximum Gasteiger partial charge on any atom is 0.261 e. The van der Waals surface area contributed by atoms with Gasteiger partial charge < -0.3 is 10.1 Å². The van der Waals surface area contributed by atoms with E-state index in [-0.39, 0.29) is 0 Å². The zero-order chi connectivity index (χ0) is 14.8. The summed E-state index contributed by atoms with van der Waals surface area (Å²) >= 11 is 5.21. The molecule has 0 spiro atoms. The topological polar surface area (TPSA) is 21.3 Å². The third-order valence-corrected chi connectivity index (χ3v) is 3.42. The van der Waals surface area contributed by atoms with Gasteiger partial charge in [-0.25, -0.2) is 0 Å². The summed E-state index contributed by atoms with van der Waals surface area (Å²) in [5, 5.41) is 3.62. The van der Waals surface area contributed by atoms with Crippen LogP contribution < -0.4 is 5.32 Å². The molecule has 112 valence electrons. The molecule has 0 amide bonds. The van der Waals surface area contributed by atoms with Gasteiger partial charge in [-0.15, -0.1) is 0 Å². The second kappa shape index (κ2) is 9.76. The fourth-order valence-electron chi connectivity index (χ4n) is 2.25. The number of thiocarbonyl (C=S) groups is 1. The van der Waals surface area contributed by atoms with Gasteiger partial charge in [0.05, 0.1) is 6.61 Å². The summed E-state index contributed by atoms with van der Waals surface area (Å²) in [7, 11) is 0. The molecule has 1 aromatic rings. The summed E-state index contributed by atoms with van der Waals surface area (Å²) in [5.41, 5.74) is 3.47. The van der Waals surface area contributed by atoms with Crippen LogP contribution in [0.1, 0.15) is 56.6 Å². The molecular formula is C17H27NOS.